The van der Waals surface area contributed by atoms with Crippen LogP contribution in [0.5, 0.6) is 0 Å². The van der Waals surface area contributed by atoms with Crippen LogP contribution in [0.15, 0.2) is 46.2 Å². The summed E-state index contributed by atoms with van der Waals surface area (Å²) in [6.45, 7) is 0.151. The standard InChI is InChI=1S/C13H9ClN4O2/c14-9-3-1-8(2-4-9)7-18-12(19)10-11(17-13(18)20)16-6-5-15-10/h1-6H,7H2,(H,16,17,20). The summed E-state index contributed by atoms with van der Waals surface area (Å²) in [5.74, 6) is 0. The van der Waals surface area contributed by atoms with Crippen LogP contribution < -0.4 is 11.2 Å². The van der Waals surface area contributed by atoms with Gasteiger partial charge in [0, 0.05) is 17.4 Å². The summed E-state index contributed by atoms with van der Waals surface area (Å²) in [6.07, 6.45) is 2.83. The summed E-state index contributed by atoms with van der Waals surface area (Å²) in [6, 6.07) is 6.93. The Morgan fingerprint density at radius 3 is 2.55 bits per heavy atom. The van der Waals surface area contributed by atoms with Crippen LogP contribution in [0.2, 0.25) is 5.02 Å². The van der Waals surface area contributed by atoms with E-state index in [1.807, 2.05) is 0 Å². The number of hydrogen-bond acceptors (Lipinski definition) is 4. The van der Waals surface area contributed by atoms with Crippen molar-refractivity contribution in [1.29, 1.82) is 0 Å². The Bertz CT molecular complexity index is 883. The van der Waals surface area contributed by atoms with Gasteiger partial charge in [-0.05, 0) is 17.7 Å². The van der Waals surface area contributed by atoms with E-state index in [1.165, 1.54) is 12.4 Å². The Labute approximate surface area is 117 Å². The number of H-pyrrole nitrogens is 1. The summed E-state index contributed by atoms with van der Waals surface area (Å²) < 4.78 is 1.08. The van der Waals surface area contributed by atoms with Crippen molar-refractivity contribution in [2.45, 2.75) is 6.54 Å². The average molecular weight is 289 g/mol. The van der Waals surface area contributed by atoms with E-state index in [9.17, 15) is 9.59 Å². The number of benzene rings is 1. The lowest BCUT2D eigenvalue weighted by atomic mass is 10.2. The van der Waals surface area contributed by atoms with Crippen molar-refractivity contribution in [3.63, 3.8) is 0 Å². The van der Waals surface area contributed by atoms with Crippen LogP contribution in [-0.4, -0.2) is 19.5 Å². The molecule has 2 heterocycles. The molecule has 20 heavy (non-hydrogen) atoms. The molecule has 0 aliphatic carbocycles. The fourth-order valence-corrected chi connectivity index (χ4v) is 2.02. The second kappa shape index (κ2) is 4.90. The SMILES string of the molecule is O=c1[nH]c2nccnc2c(=O)n1Cc1ccc(Cl)cc1. The first-order valence-corrected chi connectivity index (χ1v) is 6.21. The van der Waals surface area contributed by atoms with Crippen LogP contribution in [0.25, 0.3) is 11.2 Å². The van der Waals surface area contributed by atoms with Gasteiger partial charge in [0.2, 0.25) is 0 Å². The van der Waals surface area contributed by atoms with E-state index in [1.54, 1.807) is 24.3 Å². The predicted octanol–water partition coefficient (Wildman–Crippen LogP) is 1.18. The molecule has 0 fully saturated rings. The molecule has 0 unspecified atom stereocenters. The van der Waals surface area contributed by atoms with Crippen molar-refractivity contribution in [3.05, 3.63) is 68.1 Å². The number of halogens is 1. The third kappa shape index (κ3) is 2.21. The second-order valence-corrected chi connectivity index (χ2v) is 4.64. The van der Waals surface area contributed by atoms with Gasteiger partial charge in [-0.25, -0.2) is 14.8 Å². The first-order valence-electron chi connectivity index (χ1n) is 5.83. The molecular formula is C13H9ClN4O2. The van der Waals surface area contributed by atoms with Gasteiger partial charge in [-0.2, -0.15) is 0 Å². The van der Waals surface area contributed by atoms with Crippen LogP contribution in [0, 0.1) is 0 Å². The molecule has 0 bridgehead atoms. The van der Waals surface area contributed by atoms with Gasteiger partial charge < -0.3 is 0 Å². The Hall–Kier alpha value is -2.47. The highest BCUT2D eigenvalue weighted by Crippen LogP contribution is 2.09. The largest absolute Gasteiger partial charge is 0.330 e. The zero-order valence-electron chi connectivity index (χ0n) is 10.2. The average Bonchev–Trinajstić information content (AvgIpc) is 2.45. The molecular weight excluding hydrogens is 280 g/mol. The molecule has 1 aromatic carbocycles. The molecule has 0 radical (unpaired) electrons. The number of rotatable bonds is 2. The highest BCUT2D eigenvalue weighted by Gasteiger charge is 2.09. The zero-order chi connectivity index (χ0) is 14.1. The van der Waals surface area contributed by atoms with Crippen molar-refractivity contribution in [2.75, 3.05) is 0 Å². The van der Waals surface area contributed by atoms with Crippen LogP contribution in [0.4, 0.5) is 0 Å². The molecule has 0 aliphatic heterocycles. The summed E-state index contributed by atoms with van der Waals surface area (Å²) in [5, 5.41) is 0.597. The van der Waals surface area contributed by atoms with Crippen molar-refractivity contribution in [1.82, 2.24) is 19.5 Å². The molecule has 3 aromatic rings. The van der Waals surface area contributed by atoms with Crippen molar-refractivity contribution < 1.29 is 0 Å². The third-order valence-corrected chi connectivity index (χ3v) is 3.12. The topological polar surface area (TPSA) is 80.6 Å². The van der Waals surface area contributed by atoms with Crippen LogP contribution in [0.1, 0.15) is 5.56 Å². The molecule has 0 aliphatic rings. The maximum Gasteiger partial charge on any atom is 0.330 e. The fraction of sp³-hybridized carbons (Fsp3) is 0.0769. The Kier molecular flexibility index (Phi) is 3.08. The van der Waals surface area contributed by atoms with Crippen LogP contribution in [-0.2, 0) is 6.54 Å². The van der Waals surface area contributed by atoms with E-state index >= 15 is 0 Å². The normalized spacial score (nSPS) is 10.8. The number of aromatic amines is 1. The Balaban J connectivity index is 2.14. The van der Waals surface area contributed by atoms with Gasteiger partial charge in [-0.1, -0.05) is 23.7 Å². The minimum absolute atomic E-state index is 0.140. The number of fused-ring (bicyclic) bond motifs is 1. The minimum atomic E-state index is -0.516. The van der Waals surface area contributed by atoms with Crippen molar-refractivity contribution in [2.24, 2.45) is 0 Å². The van der Waals surface area contributed by atoms with E-state index in [0.717, 1.165) is 10.1 Å². The summed E-state index contributed by atoms with van der Waals surface area (Å²) >= 11 is 5.80. The predicted molar refractivity (Wildman–Crippen MR) is 75.0 cm³/mol. The van der Waals surface area contributed by atoms with E-state index in [-0.39, 0.29) is 17.7 Å². The van der Waals surface area contributed by atoms with Gasteiger partial charge in [-0.15, -0.1) is 0 Å². The van der Waals surface area contributed by atoms with Crippen LogP contribution in [0.3, 0.4) is 0 Å². The van der Waals surface area contributed by atoms with E-state index in [2.05, 4.69) is 15.0 Å². The molecule has 2 aromatic heterocycles. The lowest BCUT2D eigenvalue weighted by Crippen LogP contribution is -2.36. The maximum absolute atomic E-state index is 12.2. The molecule has 0 saturated carbocycles. The molecule has 3 rings (SSSR count). The first-order chi connectivity index (χ1) is 9.65. The highest BCUT2D eigenvalue weighted by atomic mass is 35.5. The summed E-state index contributed by atoms with van der Waals surface area (Å²) in [7, 11) is 0. The van der Waals surface area contributed by atoms with Crippen LogP contribution >= 0.6 is 11.6 Å². The number of nitrogens with one attached hydrogen (secondary N) is 1. The Morgan fingerprint density at radius 1 is 1.10 bits per heavy atom. The van der Waals surface area contributed by atoms with Gasteiger partial charge in [-0.3, -0.25) is 14.3 Å². The van der Waals surface area contributed by atoms with Gasteiger partial charge in [0.05, 0.1) is 6.54 Å². The second-order valence-electron chi connectivity index (χ2n) is 4.20. The van der Waals surface area contributed by atoms with E-state index in [0.29, 0.717) is 5.02 Å². The number of hydrogen-bond donors (Lipinski definition) is 1. The molecule has 1 N–H and O–H groups in total. The lowest BCUT2D eigenvalue weighted by Gasteiger charge is -2.05. The molecule has 7 heteroatoms. The van der Waals surface area contributed by atoms with Gasteiger partial charge in [0.25, 0.3) is 5.56 Å². The van der Waals surface area contributed by atoms with E-state index in [4.69, 9.17) is 11.6 Å². The number of aromatic nitrogens is 4. The smallest absolute Gasteiger partial charge is 0.290 e. The van der Waals surface area contributed by atoms with Gasteiger partial charge in [0.15, 0.2) is 11.2 Å². The lowest BCUT2D eigenvalue weighted by molar-refractivity contribution is 0.707. The monoisotopic (exact) mass is 288 g/mol. The molecule has 0 atom stereocenters. The summed E-state index contributed by atoms with van der Waals surface area (Å²) in [5.41, 5.74) is 0.144. The molecule has 0 amide bonds. The quantitative estimate of drug-likeness (QED) is 0.768. The third-order valence-electron chi connectivity index (χ3n) is 2.87. The fourth-order valence-electron chi connectivity index (χ4n) is 1.89. The molecule has 0 spiro atoms. The maximum atomic E-state index is 12.2. The highest BCUT2D eigenvalue weighted by molar-refractivity contribution is 6.30. The van der Waals surface area contributed by atoms with Gasteiger partial charge in [0.1, 0.15) is 0 Å². The molecule has 0 saturated heterocycles. The van der Waals surface area contributed by atoms with Crippen molar-refractivity contribution >= 4 is 22.8 Å². The van der Waals surface area contributed by atoms with Gasteiger partial charge >= 0.3 is 5.69 Å². The number of nitrogens with zero attached hydrogens (tertiary/aromatic N) is 3. The molecule has 6 nitrogen and oxygen atoms in total. The first kappa shape index (κ1) is 12.6. The summed E-state index contributed by atoms with van der Waals surface area (Å²) in [4.78, 5) is 34.6. The van der Waals surface area contributed by atoms with Crippen molar-refractivity contribution in [3.8, 4) is 0 Å². The van der Waals surface area contributed by atoms with E-state index < -0.39 is 11.2 Å². The Morgan fingerprint density at radius 2 is 1.80 bits per heavy atom. The zero-order valence-corrected chi connectivity index (χ0v) is 11.0. The minimum Gasteiger partial charge on any atom is -0.290 e. The molecule has 100 valence electrons.